The number of methoxy groups -OCH3 is 1. The molecule has 2 aromatic rings. The van der Waals surface area contributed by atoms with Crippen molar-refractivity contribution in [1.82, 2.24) is 4.98 Å². The first-order valence-electron chi connectivity index (χ1n) is 6.54. The Bertz CT molecular complexity index is 572. The van der Waals surface area contributed by atoms with Gasteiger partial charge >= 0.3 is 5.97 Å². The summed E-state index contributed by atoms with van der Waals surface area (Å²) in [5.41, 5.74) is 2.11. The predicted molar refractivity (Wildman–Crippen MR) is 75.8 cm³/mol. The molecule has 1 unspecified atom stereocenters. The summed E-state index contributed by atoms with van der Waals surface area (Å²) in [5.74, 6) is -0.00826. The highest BCUT2D eigenvalue weighted by molar-refractivity contribution is 5.82. The van der Waals surface area contributed by atoms with Gasteiger partial charge in [0.25, 0.3) is 0 Å². The SMILES string of the molecule is COC(=O)C(Cc1ccnc2ccccc12)C(C)C. The van der Waals surface area contributed by atoms with E-state index in [1.165, 1.54) is 7.11 Å². The Morgan fingerprint density at radius 3 is 2.68 bits per heavy atom. The first kappa shape index (κ1) is 13.5. The molecule has 1 aromatic carbocycles. The normalized spacial score (nSPS) is 12.6. The number of esters is 1. The lowest BCUT2D eigenvalue weighted by Crippen LogP contribution is -2.24. The molecule has 1 heterocycles. The average molecular weight is 257 g/mol. The molecule has 1 aromatic heterocycles. The van der Waals surface area contributed by atoms with Gasteiger partial charge in [-0.05, 0) is 30.0 Å². The highest BCUT2D eigenvalue weighted by atomic mass is 16.5. The van der Waals surface area contributed by atoms with Crippen LogP contribution in [0.25, 0.3) is 10.9 Å². The Labute approximate surface area is 113 Å². The molecule has 0 N–H and O–H groups in total. The zero-order chi connectivity index (χ0) is 13.8. The lowest BCUT2D eigenvalue weighted by Gasteiger charge is -2.19. The second-order valence-electron chi connectivity index (χ2n) is 5.07. The maximum Gasteiger partial charge on any atom is 0.309 e. The van der Waals surface area contributed by atoms with Gasteiger partial charge in [0.05, 0.1) is 18.5 Å². The molecule has 0 saturated heterocycles. The van der Waals surface area contributed by atoms with Gasteiger partial charge in [0.1, 0.15) is 0 Å². The Balaban J connectivity index is 2.36. The number of carbonyl (C=O) groups excluding carboxylic acids is 1. The maximum absolute atomic E-state index is 11.9. The van der Waals surface area contributed by atoms with E-state index in [1.54, 1.807) is 6.20 Å². The first-order chi connectivity index (χ1) is 9.13. The smallest absolute Gasteiger partial charge is 0.309 e. The molecule has 1 atom stereocenters. The summed E-state index contributed by atoms with van der Waals surface area (Å²) in [6, 6.07) is 9.99. The Morgan fingerprint density at radius 2 is 2.00 bits per heavy atom. The van der Waals surface area contributed by atoms with Crippen LogP contribution in [0.3, 0.4) is 0 Å². The van der Waals surface area contributed by atoms with E-state index >= 15 is 0 Å². The summed E-state index contributed by atoms with van der Waals surface area (Å²) in [7, 11) is 1.45. The molecule has 0 radical (unpaired) electrons. The number of benzene rings is 1. The Kier molecular flexibility index (Phi) is 4.15. The lowest BCUT2D eigenvalue weighted by molar-refractivity contribution is -0.146. The zero-order valence-electron chi connectivity index (χ0n) is 11.6. The summed E-state index contributed by atoms with van der Waals surface area (Å²) in [6.45, 7) is 4.09. The molecule has 3 heteroatoms. The largest absolute Gasteiger partial charge is 0.469 e. The number of ether oxygens (including phenoxy) is 1. The van der Waals surface area contributed by atoms with Gasteiger partial charge in [0.15, 0.2) is 0 Å². The van der Waals surface area contributed by atoms with Crippen molar-refractivity contribution >= 4 is 16.9 Å². The third kappa shape index (κ3) is 2.92. The molecule has 0 spiro atoms. The van der Waals surface area contributed by atoms with E-state index in [2.05, 4.69) is 4.98 Å². The van der Waals surface area contributed by atoms with Crippen LogP contribution in [-0.2, 0) is 16.0 Å². The molecule has 0 bridgehead atoms. The van der Waals surface area contributed by atoms with E-state index in [1.807, 2.05) is 44.2 Å². The van der Waals surface area contributed by atoms with Crippen molar-refractivity contribution in [3.63, 3.8) is 0 Å². The average Bonchev–Trinajstić information content (AvgIpc) is 2.43. The van der Waals surface area contributed by atoms with Gasteiger partial charge < -0.3 is 4.74 Å². The van der Waals surface area contributed by atoms with E-state index in [9.17, 15) is 4.79 Å². The van der Waals surface area contributed by atoms with Crippen LogP contribution in [0.4, 0.5) is 0 Å². The molecule has 3 nitrogen and oxygen atoms in total. The topological polar surface area (TPSA) is 39.2 Å². The van der Waals surface area contributed by atoms with Crippen molar-refractivity contribution in [2.24, 2.45) is 11.8 Å². The monoisotopic (exact) mass is 257 g/mol. The van der Waals surface area contributed by atoms with Crippen molar-refractivity contribution in [3.8, 4) is 0 Å². The van der Waals surface area contributed by atoms with E-state index in [4.69, 9.17) is 4.74 Å². The van der Waals surface area contributed by atoms with Gasteiger partial charge in [-0.15, -0.1) is 0 Å². The second-order valence-corrected chi connectivity index (χ2v) is 5.07. The summed E-state index contributed by atoms with van der Waals surface area (Å²) >= 11 is 0. The van der Waals surface area contributed by atoms with Crippen LogP contribution in [0.1, 0.15) is 19.4 Å². The van der Waals surface area contributed by atoms with Gasteiger partial charge in [0, 0.05) is 11.6 Å². The number of pyridine rings is 1. The van der Waals surface area contributed by atoms with E-state index in [0.717, 1.165) is 16.5 Å². The minimum Gasteiger partial charge on any atom is -0.469 e. The van der Waals surface area contributed by atoms with Crippen LogP contribution < -0.4 is 0 Å². The molecule has 0 aliphatic rings. The molecule has 100 valence electrons. The molecular formula is C16H19NO2. The molecule has 19 heavy (non-hydrogen) atoms. The minimum atomic E-state index is -0.143. The highest BCUT2D eigenvalue weighted by Crippen LogP contribution is 2.23. The number of carbonyl (C=O) groups is 1. The van der Waals surface area contributed by atoms with Gasteiger partial charge in [-0.2, -0.15) is 0 Å². The second kappa shape index (κ2) is 5.83. The van der Waals surface area contributed by atoms with E-state index < -0.39 is 0 Å². The Hall–Kier alpha value is -1.90. The van der Waals surface area contributed by atoms with Gasteiger partial charge in [-0.1, -0.05) is 32.0 Å². The van der Waals surface area contributed by atoms with E-state index in [0.29, 0.717) is 6.42 Å². The number of nitrogens with zero attached hydrogens (tertiary/aromatic N) is 1. The fraction of sp³-hybridized carbons (Fsp3) is 0.375. The van der Waals surface area contributed by atoms with Crippen LogP contribution in [0.15, 0.2) is 36.5 Å². The fourth-order valence-electron chi connectivity index (χ4n) is 2.31. The molecule has 0 fully saturated rings. The maximum atomic E-state index is 11.9. The van der Waals surface area contributed by atoms with E-state index in [-0.39, 0.29) is 17.8 Å². The number of para-hydroxylation sites is 1. The summed E-state index contributed by atoms with van der Waals surface area (Å²) in [6.07, 6.45) is 2.49. The van der Waals surface area contributed by atoms with Crippen LogP contribution in [0.5, 0.6) is 0 Å². The number of hydrogen-bond acceptors (Lipinski definition) is 3. The van der Waals surface area contributed by atoms with Crippen molar-refractivity contribution in [3.05, 3.63) is 42.1 Å². The standard InChI is InChI=1S/C16H19NO2/c1-11(2)14(16(18)19-3)10-12-8-9-17-15-7-5-4-6-13(12)15/h4-9,11,14H,10H2,1-3H3. The molecule has 2 rings (SSSR count). The molecule has 0 aliphatic carbocycles. The number of fused-ring (bicyclic) bond motifs is 1. The predicted octanol–water partition coefficient (Wildman–Crippen LogP) is 3.22. The summed E-state index contributed by atoms with van der Waals surface area (Å²) < 4.78 is 4.90. The van der Waals surface area contributed by atoms with Crippen LogP contribution >= 0.6 is 0 Å². The quantitative estimate of drug-likeness (QED) is 0.789. The van der Waals surface area contributed by atoms with Crippen molar-refractivity contribution in [1.29, 1.82) is 0 Å². The van der Waals surface area contributed by atoms with Crippen LogP contribution in [0, 0.1) is 11.8 Å². The zero-order valence-corrected chi connectivity index (χ0v) is 11.6. The van der Waals surface area contributed by atoms with Gasteiger partial charge in [-0.25, -0.2) is 0 Å². The van der Waals surface area contributed by atoms with Crippen LogP contribution in [-0.4, -0.2) is 18.1 Å². The Morgan fingerprint density at radius 1 is 1.26 bits per heavy atom. The number of hydrogen-bond donors (Lipinski definition) is 0. The number of rotatable bonds is 4. The van der Waals surface area contributed by atoms with Crippen molar-refractivity contribution < 1.29 is 9.53 Å². The third-order valence-electron chi connectivity index (χ3n) is 3.49. The van der Waals surface area contributed by atoms with Crippen LogP contribution in [0.2, 0.25) is 0 Å². The van der Waals surface area contributed by atoms with Crippen molar-refractivity contribution in [2.75, 3.05) is 7.11 Å². The fourth-order valence-corrected chi connectivity index (χ4v) is 2.31. The van der Waals surface area contributed by atoms with Crippen molar-refractivity contribution in [2.45, 2.75) is 20.3 Å². The highest BCUT2D eigenvalue weighted by Gasteiger charge is 2.23. The molecule has 0 aliphatic heterocycles. The molecular weight excluding hydrogens is 238 g/mol. The molecule has 0 amide bonds. The third-order valence-corrected chi connectivity index (χ3v) is 3.49. The number of aromatic nitrogens is 1. The minimum absolute atomic E-state index is 0.115. The molecule has 0 saturated carbocycles. The first-order valence-corrected chi connectivity index (χ1v) is 6.54. The van der Waals surface area contributed by atoms with Gasteiger partial charge in [-0.3, -0.25) is 9.78 Å². The van der Waals surface area contributed by atoms with Gasteiger partial charge in [0.2, 0.25) is 0 Å². The lowest BCUT2D eigenvalue weighted by atomic mass is 9.88. The summed E-state index contributed by atoms with van der Waals surface area (Å²) in [4.78, 5) is 16.2. The summed E-state index contributed by atoms with van der Waals surface area (Å²) in [5, 5.41) is 1.11.